The maximum absolute atomic E-state index is 12.8. The van der Waals surface area contributed by atoms with Crippen molar-refractivity contribution in [2.24, 2.45) is 5.92 Å². The van der Waals surface area contributed by atoms with Crippen molar-refractivity contribution in [3.63, 3.8) is 0 Å². The molecule has 0 aliphatic heterocycles. The summed E-state index contributed by atoms with van der Waals surface area (Å²) in [5, 5.41) is 2.94. The van der Waals surface area contributed by atoms with Crippen LogP contribution in [0.25, 0.3) is 0 Å². The smallest absolute Gasteiger partial charge is 0.318 e. The maximum atomic E-state index is 12.8. The molecule has 2 atom stereocenters. The third-order valence-corrected chi connectivity index (χ3v) is 3.27. The van der Waals surface area contributed by atoms with Crippen LogP contribution in [0, 0.1) is 24.1 Å². The quantitative estimate of drug-likeness (QED) is 0.828. The lowest BCUT2D eigenvalue weighted by atomic mass is 10.2. The van der Waals surface area contributed by atoms with Gasteiger partial charge in [0.15, 0.2) is 0 Å². The van der Waals surface area contributed by atoms with Crippen molar-refractivity contribution in [3.8, 4) is 12.3 Å². The molecular weight excluding hydrogens is 243 g/mol. The van der Waals surface area contributed by atoms with Crippen molar-refractivity contribution in [2.45, 2.75) is 25.9 Å². The minimum Gasteiger partial charge on any atom is -0.335 e. The van der Waals surface area contributed by atoms with E-state index in [0.717, 1.165) is 12.0 Å². The molecule has 1 fully saturated rings. The van der Waals surface area contributed by atoms with Crippen LogP contribution < -0.4 is 5.32 Å². The summed E-state index contributed by atoms with van der Waals surface area (Å²) >= 11 is 0. The van der Waals surface area contributed by atoms with Crippen molar-refractivity contribution in [2.75, 3.05) is 6.54 Å². The first kappa shape index (κ1) is 13.4. The van der Waals surface area contributed by atoms with Crippen LogP contribution in [-0.4, -0.2) is 23.5 Å². The van der Waals surface area contributed by atoms with Gasteiger partial charge in [-0.15, -0.1) is 6.42 Å². The number of carbonyl (C=O) groups excluding carboxylic acids is 1. The van der Waals surface area contributed by atoms with E-state index in [0.29, 0.717) is 12.5 Å². The Morgan fingerprint density at radius 2 is 2.16 bits per heavy atom. The molecule has 2 amide bonds. The molecule has 0 saturated heterocycles. The Morgan fingerprint density at radius 1 is 1.53 bits per heavy atom. The molecule has 2 rings (SSSR count). The van der Waals surface area contributed by atoms with E-state index in [1.807, 2.05) is 0 Å². The van der Waals surface area contributed by atoms with Crippen LogP contribution in [-0.2, 0) is 6.54 Å². The molecule has 1 aromatic carbocycles. The van der Waals surface area contributed by atoms with E-state index in [1.54, 1.807) is 17.0 Å². The predicted octanol–water partition coefficient (Wildman–Crippen LogP) is 2.38. The number of hydrogen-bond donors (Lipinski definition) is 1. The van der Waals surface area contributed by atoms with E-state index in [1.165, 1.54) is 12.1 Å². The SMILES string of the molecule is C#CCN(Cc1ccc(F)cc1)C(=O)N[C@@H]1C[C@@H]1C. The van der Waals surface area contributed by atoms with Gasteiger partial charge in [-0.1, -0.05) is 25.0 Å². The lowest BCUT2D eigenvalue weighted by molar-refractivity contribution is 0.201. The first-order valence-corrected chi connectivity index (χ1v) is 6.33. The van der Waals surface area contributed by atoms with Crippen LogP contribution in [0.15, 0.2) is 24.3 Å². The molecule has 4 heteroatoms. The summed E-state index contributed by atoms with van der Waals surface area (Å²) in [7, 11) is 0. The molecule has 1 aromatic rings. The van der Waals surface area contributed by atoms with Crippen LogP contribution in [0.4, 0.5) is 9.18 Å². The summed E-state index contributed by atoms with van der Waals surface area (Å²) in [5.41, 5.74) is 0.857. The Balaban J connectivity index is 1.97. The van der Waals surface area contributed by atoms with Crippen LogP contribution in [0.3, 0.4) is 0 Å². The fourth-order valence-corrected chi connectivity index (χ4v) is 1.89. The fourth-order valence-electron chi connectivity index (χ4n) is 1.89. The van der Waals surface area contributed by atoms with Crippen LogP contribution >= 0.6 is 0 Å². The van der Waals surface area contributed by atoms with Gasteiger partial charge in [0.2, 0.25) is 0 Å². The second kappa shape index (κ2) is 5.75. The fraction of sp³-hybridized carbons (Fsp3) is 0.400. The number of halogens is 1. The number of urea groups is 1. The van der Waals surface area contributed by atoms with E-state index in [9.17, 15) is 9.18 Å². The van der Waals surface area contributed by atoms with Gasteiger partial charge in [-0.2, -0.15) is 0 Å². The number of nitrogens with zero attached hydrogens (tertiary/aromatic N) is 1. The van der Waals surface area contributed by atoms with Crippen molar-refractivity contribution < 1.29 is 9.18 Å². The van der Waals surface area contributed by atoms with E-state index in [2.05, 4.69) is 18.2 Å². The number of hydrogen-bond acceptors (Lipinski definition) is 1. The molecule has 1 N–H and O–H groups in total. The summed E-state index contributed by atoms with van der Waals surface area (Å²) in [6.45, 7) is 2.72. The molecule has 100 valence electrons. The van der Waals surface area contributed by atoms with Crippen molar-refractivity contribution in [3.05, 3.63) is 35.6 Å². The zero-order valence-electron chi connectivity index (χ0n) is 10.9. The minimum atomic E-state index is -0.288. The lowest BCUT2D eigenvalue weighted by Gasteiger charge is -2.21. The van der Waals surface area contributed by atoms with E-state index in [-0.39, 0.29) is 24.4 Å². The molecule has 3 nitrogen and oxygen atoms in total. The Labute approximate surface area is 112 Å². The molecule has 0 spiro atoms. The molecular formula is C15H17FN2O. The van der Waals surface area contributed by atoms with Gasteiger partial charge in [0.05, 0.1) is 6.54 Å². The second-order valence-corrected chi connectivity index (χ2v) is 4.96. The molecule has 1 aliphatic rings. The van der Waals surface area contributed by atoms with E-state index >= 15 is 0 Å². The second-order valence-electron chi connectivity index (χ2n) is 4.96. The van der Waals surface area contributed by atoms with Gasteiger partial charge in [-0.3, -0.25) is 0 Å². The number of benzene rings is 1. The predicted molar refractivity (Wildman–Crippen MR) is 71.7 cm³/mol. The van der Waals surface area contributed by atoms with Crippen LogP contribution in [0.1, 0.15) is 18.9 Å². The van der Waals surface area contributed by atoms with Gasteiger partial charge in [0, 0.05) is 12.6 Å². The molecule has 0 aromatic heterocycles. The monoisotopic (exact) mass is 260 g/mol. The molecule has 19 heavy (non-hydrogen) atoms. The number of nitrogens with one attached hydrogen (secondary N) is 1. The van der Waals surface area contributed by atoms with Crippen molar-refractivity contribution in [1.29, 1.82) is 0 Å². The number of rotatable bonds is 4. The molecule has 0 radical (unpaired) electrons. The topological polar surface area (TPSA) is 32.3 Å². The average molecular weight is 260 g/mol. The zero-order chi connectivity index (χ0) is 13.8. The van der Waals surface area contributed by atoms with Gasteiger partial charge in [0.1, 0.15) is 5.82 Å². The zero-order valence-corrected chi connectivity index (χ0v) is 10.9. The van der Waals surface area contributed by atoms with Crippen LogP contribution in [0.2, 0.25) is 0 Å². The number of carbonyl (C=O) groups is 1. The first-order valence-electron chi connectivity index (χ1n) is 6.33. The maximum Gasteiger partial charge on any atom is 0.318 e. The third-order valence-electron chi connectivity index (χ3n) is 3.27. The highest BCUT2D eigenvalue weighted by atomic mass is 19.1. The highest BCUT2D eigenvalue weighted by Crippen LogP contribution is 2.29. The first-order chi connectivity index (χ1) is 9.10. The molecule has 0 heterocycles. The molecule has 0 unspecified atom stereocenters. The lowest BCUT2D eigenvalue weighted by Crippen LogP contribution is -2.41. The van der Waals surface area contributed by atoms with Gasteiger partial charge < -0.3 is 10.2 Å². The van der Waals surface area contributed by atoms with E-state index < -0.39 is 0 Å². The Bertz CT molecular complexity index is 492. The third kappa shape index (κ3) is 3.72. The Morgan fingerprint density at radius 3 is 2.68 bits per heavy atom. The summed E-state index contributed by atoms with van der Waals surface area (Å²) in [6.07, 6.45) is 6.31. The Hall–Kier alpha value is -2.02. The summed E-state index contributed by atoms with van der Waals surface area (Å²) < 4.78 is 12.8. The molecule has 1 saturated carbocycles. The van der Waals surface area contributed by atoms with Gasteiger partial charge in [0.25, 0.3) is 0 Å². The largest absolute Gasteiger partial charge is 0.335 e. The Kier molecular flexibility index (Phi) is 4.06. The molecule has 0 bridgehead atoms. The summed E-state index contributed by atoms with van der Waals surface area (Å²) in [4.78, 5) is 13.6. The number of terminal acetylenes is 1. The van der Waals surface area contributed by atoms with Gasteiger partial charge in [-0.25, -0.2) is 9.18 Å². The van der Waals surface area contributed by atoms with Crippen molar-refractivity contribution >= 4 is 6.03 Å². The van der Waals surface area contributed by atoms with E-state index in [4.69, 9.17) is 6.42 Å². The molecule has 1 aliphatic carbocycles. The number of amides is 2. The standard InChI is InChI=1S/C15H17FN2O/c1-3-8-18(15(19)17-14-9-11(14)2)10-12-4-6-13(16)7-5-12/h1,4-7,11,14H,8-10H2,2H3,(H,17,19)/t11-,14+/m0/s1. The van der Waals surface area contributed by atoms with Crippen LogP contribution in [0.5, 0.6) is 0 Å². The average Bonchev–Trinajstić information content (AvgIpc) is 3.07. The summed E-state index contributed by atoms with van der Waals surface area (Å²) in [6, 6.07) is 6.18. The highest BCUT2D eigenvalue weighted by Gasteiger charge is 2.34. The highest BCUT2D eigenvalue weighted by molar-refractivity contribution is 5.75. The minimum absolute atomic E-state index is 0.156. The summed E-state index contributed by atoms with van der Waals surface area (Å²) in [5.74, 6) is 2.73. The van der Waals surface area contributed by atoms with Gasteiger partial charge in [-0.05, 0) is 30.0 Å². The normalized spacial score (nSPS) is 20.5. The van der Waals surface area contributed by atoms with Crippen molar-refractivity contribution in [1.82, 2.24) is 10.2 Å². The van der Waals surface area contributed by atoms with Gasteiger partial charge >= 0.3 is 6.03 Å².